The van der Waals surface area contributed by atoms with Crippen molar-refractivity contribution in [3.8, 4) is 0 Å². The topological polar surface area (TPSA) is 217 Å². The van der Waals surface area contributed by atoms with Crippen LogP contribution in [0.5, 0.6) is 0 Å². The standard InChI is InChI=1S/C25H37N5O7.ClH/c26-14-5-4-10-18(27)21(32)29-19(11-12-20(28)31)22(33)30-25(24(35)36)13-6-9-17(25)23(34)37-15-16-7-2-1-3-8-16;/h1-3,7-8,17-19H,4-6,9-15,26-27H2,(H2,28,31)(H,29,32)(H,30,33)(H,35,36);1H/t17?,18-,19-,25?;/m0./s1. The van der Waals surface area contributed by atoms with Gasteiger partial charge < -0.3 is 37.7 Å². The SMILES string of the molecule is Cl.NCCCC[C@H](N)C(=O)N[C@@H](CCC(N)=O)C(=O)NC1(C(=O)O)CCCC1C(=O)OCc1ccccc1. The van der Waals surface area contributed by atoms with Crippen LogP contribution in [0.15, 0.2) is 30.3 Å². The minimum absolute atomic E-state index is 0. The Morgan fingerprint density at radius 2 is 1.76 bits per heavy atom. The smallest absolute Gasteiger partial charge is 0.330 e. The van der Waals surface area contributed by atoms with Gasteiger partial charge in [0.2, 0.25) is 17.7 Å². The van der Waals surface area contributed by atoms with Gasteiger partial charge in [0.15, 0.2) is 5.54 Å². The second kappa shape index (κ2) is 15.9. The molecule has 1 aromatic rings. The lowest BCUT2D eigenvalue weighted by molar-refractivity contribution is -0.161. The van der Waals surface area contributed by atoms with Crippen LogP contribution in [0.25, 0.3) is 0 Å². The first kappa shape index (κ1) is 32.8. The van der Waals surface area contributed by atoms with E-state index in [1.165, 1.54) is 0 Å². The Hall–Kier alpha value is -3.22. The number of carbonyl (C=O) groups excluding carboxylic acids is 4. The number of carbonyl (C=O) groups is 5. The maximum atomic E-state index is 13.2. The molecule has 1 aromatic carbocycles. The van der Waals surface area contributed by atoms with Crippen molar-refractivity contribution in [1.29, 1.82) is 0 Å². The molecule has 12 nitrogen and oxygen atoms in total. The van der Waals surface area contributed by atoms with E-state index >= 15 is 0 Å². The summed E-state index contributed by atoms with van der Waals surface area (Å²) in [6.45, 7) is 0.406. The van der Waals surface area contributed by atoms with E-state index in [0.29, 0.717) is 32.2 Å². The fraction of sp³-hybridized carbons (Fsp3) is 0.560. The molecule has 0 heterocycles. The number of hydrogen-bond donors (Lipinski definition) is 6. The Kier molecular flexibility index (Phi) is 13.7. The number of nitrogens with two attached hydrogens (primary N) is 3. The van der Waals surface area contributed by atoms with Gasteiger partial charge >= 0.3 is 11.9 Å². The maximum Gasteiger partial charge on any atom is 0.330 e. The summed E-state index contributed by atoms with van der Waals surface area (Å²) in [7, 11) is 0. The molecule has 2 unspecified atom stereocenters. The number of primary amides is 1. The minimum atomic E-state index is -1.93. The molecule has 1 saturated carbocycles. The van der Waals surface area contributed by atoms with Gasteiger partial charge in [-0.25, -0.2) is 4.79 Å². The molecule has 1 fully saturated rings. The van der Waals surface area contributed by atoms with Crippen LogP contribution in [-0.4, -0.2) is 58.9 Å². The van der Waals surface area contributed by atoms with Gasteiger partial charge in [0.05, 0.1) is 12.0 Å². The highest BCUT2D eigenvalue weighted by Gasteiger charge is 2.55. The Labute approximate surface area is 227 Å². The lowest BCUT2D eigenvalue weighted by Gasteiger charge is -2.33. The third-order valence-electron chi connectivity index (χ3n) is 6.51. The second-order valence-electron chi connectivity index (χ2n) is 9.26. The number of amides is 3. The number of aliphatic carboxylic acids is 1. The number of unbranched alkanes of at least 4 members (excludes halogenated alkanes) is 1. The van der Waals surface area contributed by atoms with E-state index in [9.17, 15) is 29.1 Å². The fourth-order valence-electron chi connectivity index (χ4n) is 4.39. The first-order valence-corrected chi connectivity index (χ1v) is 12.4. The van der Waals surface area contributed by atoms with E-state index in [1.54, 1.807) is 24.3 Å². The van der Waals surface area contributed by atoms with Crippen molar-refractivity contribution in [1.82, 2.24) is 10.6 Å². The molecule has 1 aliphatic carbocycles. The summed E-state index contributed by atoms with van der Waals surface area (Å²) in [5.41, 5.74) is 15.4. The number of halogens is 1. The molecular weight excluding hydrogens is 518 g/mol. The molecule has 4 atom stereocenters. The highest BCUT2D eigenvalue weighted by Crippen LogP contribution is 2.37. The van der Waals surface area contributed by atoms with Crippen LogP contribution in [0.3, 0.4) is 0 Å². The molecule has 38 heavy (non-hydrogen) atoms. The molecule has 0 aliphatic heterocycles. The van der Waals surface area contributed by atoms with Crippen molar-refractivity contribution in [3.05, 3.63) is 35.9 Å². The highest BCUT2D eigenvalue weighted by atomic mass is 35.5. The summed E-state index contributed by atoms with van der Waals surface area (Å²) in [5.74, 6) is -5.45. The van der Waals surface area contributed by atoms with Crippen LogP contribution in [0.1, 0.15) is 56.9 Å². The number of carboxylic acid groups (broad SMARTS) is 1. The number of esters is 1. The van der Waals surface area contributed by atoms with Crippen molar-refractivity contribution in [2.75, 3.05) is 6.54 Å². The normalized spacial score (nSPS) is 19.9. The molecule has 212 valence electrons. The van der Waals surface area contributed by atoms with Crippen LogP contribution in [0, 0.1) is 5.92 Å². The number of rotatable bonds is 15. The van der Waals surface area contributed by atoms with E-state index in [1.807, 2.05) is 6.07 Å². The van der Waals surface area contributed by atoms with Gasteiger partial charge in [-0.05, 0) is 50.6 Å². The Balaban J connectivity index is 0.00000722. The molecule has 0 bridgehead atoms. The largest absolute Gasteiger partial charge is 0.479 e. The molecular formula is C25H38ClN5O7. The summed E-state index contributed by atoms with van der Waals surface area (Å²) in [6, 6.07) is 6.71. The number of hydrogen-bond acceptors (Lipinski definition) is 8. The van der Waals surface area contributed by atoms with E-state index in [-0.39, 0.29) is 44.7 Å². The molecule has 3 amide bonds. The van der Waals surface area contributed by atoms with Gasteiger partial charge in [-0.1, -0.05) is 36.8 Å². The zero-order valence-electron chi connectivity index (χ0n) is 21.2. The average Bonchev–Trinajstić information content (AvgIpc) is 3.30. The van der Waals surface area contributed by atoms with Crippen LogP contribution < -0.4 is 27.8 Å². The molecule has 0 radical (unpaired) electrons. The number of ether oxygens (including phenoxy) is 1. The van der Waals surface area contributed by atoms with Gasteiger partial charge in [-0.15, -0.1) is 12.4 Å². The van der Waals surface area contributed by atoms with E-state index in [0.717, 1.165) is 5.56 Å². The summed E-state index contributed by atoms with van der Waals surface area (Å²) < 4.78 is 5.37. The summed E-state index contributed by atoms with van der Waals surface area (Å²) in [4.78, 5) is 62.5. The van der Waals surface area contributed by atoms with Gasteiger partial charge in [0.1, 0.15) is 12.6 Å². The monoisotopic (exact) mass is 555 g/mol. The van der Waals surface area contributed by atoms with Crippen molar-refractivity contribution in [3.63, 3.8) is 0 Å². The molecule has 9 N–H and O–H groups in total. The molecule has 2 rings (SSSR count). The van der Waals surface area contributed by atoms with E-state index < -0.39 is 53.2 Å². The zero-order chi connectivity index (χ0) is 27.4. The van der Waals surface area contributed by atoms with Crippen LogP contribution in [0.4, 0.5) is 0 Å². The van der Waals surface area contributed by atoms with Crippen molar-refractivity contribution < 1.29 is 33.8 Å². The zero-order valence-corrected chi connectivity index (χ0v) is 22.0. The summed E-state index contributed by atoms with van der Waals surface area (Å²) in [5, 5.41) is 15.1. The fourth-order valence-corrected chi connectivity index (χ4v) is 4.39. The number of benzene rings is 1. The summed E-state index contributed by atoms with van der Waals surface area (Å²) in [6.07, 6.45) is 1.78. The van der Waals surface area contributed by atoms with Gasteiger partial charge in [0.25, 0.3) is 0 Å². The van der Waals surface area contributed by atoms with Gasteiger partial charge in [-0.2, -0.15) is 0 Å². The van der Waals surface area contributed by atoms with Crippen LogP contribution in [0.2, 0.25) is 0 Å². The molecule has 13 heteroatoms. The highest BCUT2D eigenvalue weighted by molar-refractivity contribution is 5.96. The quantitative estimate of drug-likeness (QED) is 0.127. The Morgan fingerprint density at radius 1 is 1.08 bits per heavy atom. The Morgan fingerprint density at radius 3 is 2.37 bits per heavy atom. The predicted molar refractivity (Wildman–Crippen MR) is 141 cm³/mol. The minimum Gasteiger partial charge on any atom is -0.479 e. The van der Waals surface area contributed by atoms with E-state index in [4.69, 9.17) is 21.9 Å². The maximum absolute atomic E-state index is 13.2. The van der Waals surface area contributed by atoms with Gasteiger partial charge in [0, 0.05) is 6.42 Å². The van der Waals surface area contributed by atoms with Crippen molar-refractivity contribution >= 4 is 42.1 Å². The first-order chi connectivity index (χ1) is 17.6. The van der Waals surface area contributed by atoms with Crippen molar-refractivity contribution in [2.24, 2.45) is 23.1 Å². The van der Waals surface area contributed by atoms with Crippen LogP contribution in [-0.2, 0) is 35.3 Å². The van der Waals surface area contributed by atoms with Gasteiger partial charge in [-0.3, -0.25) is 19.2 Å². The lowest BCUT2D eigenvalue weighted by Crippen LogP contribution is -2.63. The van der Waals surface area contributed by atoms with Crippen molar-refractivity contribution in [2.45, 2.75) is 75.6 Å². The molecule has 1 aliphatic rings. The third kappa shape index (κ3) is 9.26. The molecule has 0 aromatic heterocycles. The average molecular weight is 556 g/mol. The second-order valence-corrected chi connectivity index (χ2v) is 9.26. The first-order valence-electron chi connectivity index (χ1n) is 12.4. The lowest BCUT2D eigenvalue weighted by atomic mass is 9.86. The predicted octanol–water partition coefficient (Wildman–Crippen LogP) is 0.0979. The van der Waals surface area contributed by atoms with Crippen LogP contribution >= 0.6 is 12.4 Å². The third-order valence-corrected chi connectivity index (χ3v) is 6.51. The molecule has 0 spiro atoms. The Bertz CT molecular complexity index is 965. The number of carboxylic acids is 1. The number of nitrogens with one attached hydrogen (secondary N) is 2. The molecule has 0 saturated heterocycles. The van der Waals surface area contributed by atoms with E-state index in [2.05, 4.69) is 10.6 Å². The summed E-state index contributed by atoms with van der Waals surface area (Å²) >= 11 is 0.